The van der Waals surface area contributed by atoms with Crippen molar-refractivity contribution in [1.82, 2.24) is 4.31 Å². The Morgan fingerprint density at radius 2 is 2.16 bits per heavy atom. The molecule has 6 nitrogen and oxygen atoms in total. The molecule has 0 radical (unpaired) electrons. The molecule has 2 heterocycles. The van der Waals surface area contributed by atoms with Crippen molar-refractivity contribution in [1.29, 1.82) is 0 Å². The SMILES string of the molecule is COC(=O)C1CCCN(S(=O)(=O)CC2CCCO2)C1. The molecule has 0 aromatic heterocycles. The maximum Gasteiger partial charge on any atom is 0.309 e. The van der Waals surface area contributed by atoms with Crippen LogP contribution in [0.3, 0.4) is 0 Å². The summed E-state index contributed by atoms with van der Waals surface area (Å²) in [6, 6.07) is 0. The van der Waals surface area contributed by atoms with Gasteiger partial charge in [-0.25, -0.2) is 12.7 Å². The van der Waals surface area contributed by atoms with E-state index >= 15 is 0 Å². The summed E-state index contributed by atoms with van der Waals surface area (Å²) in [4.78, 5) is 11.5. The molecule has 2 fully saturated rings. The number of piperidine rings is 1. The summed E-state index contributed by atoms with van der Waals surface area (Å²) in [5.41, 5.74) is 0. The zero-order valence-electron chi connectivity index (χ0n) is 11.2. The molecule has 7 heteroatoms. The molecule has 2 rings (SSSR count). The second-order valence-corrected chi connectivity index (χ2v) is 7.15. The summed E-state index contributed by atoms with van der Waals surface area (Å²) in [6.45, 7) is 1.37. The Bertz CT molecular complexity index is 416. The number of rotatable bonds is 4. The number of nitrogens with zero attached hydrogens (tertiary/aromatic N) is 1. The molecule has 0 N–H and O–H groups in total. The summed E-state index contributed by atoms with van der Waals surface area (Å²) in [5.74, 6) is -0.629. The second kappa shape index (κ2) is 6.19. The van der Waals surface area contributed by atoms with Crippen LogP contribution in [-0.2, 0) is 24.3 Å². The van der Waals surface area contributed by atoms with E-state index < -0.39 is 10.0 Å². The number of ether oxygens (including phenoxy) is 2. The van der Waals surface area contributed by atoms with Gasteiger partial charge in [-0.15, -0.1) is 0 Å². The van der Waals surface area contributed by atoms with Gasteiger partial charge in [0.05, 0.1) is 24.9 Å². The third-order valence-corrected chi connectivity index (χ3v) is 5.64. The Kier molecular flexibility index (Phi) is 4.81. The monoisotopic (exact) mass is 291 g/mol. The molecule has 110 valence electrons. The lowest BCUT2D eigenvalue weighted by atomic mass is 10.0. The van der Waals surface area contributed by atoms with Gasteiger partial charge in [-0.3, -0.25) is 4.79 Å². The van der Waals surface area contributed by atoms with Gasteiger partial charge in [-0.2, -0.15) is 0 Å². The molecule has 2 atom stereocenters. The van der Waals surface area contributed by atoms with Gasteiger partial charge in [0.15, 0.2) is 0 Å². The Balaban J connectivity index is 1.97. The molecule has 19 heavy (non-hydrogen) atoms. The number of carbonyl (C=O) groups excluding carboxylic acids is 1. The minimum absolute atomic E-state index is 0.0287. The van der Waals surface area contributed by atoms with E-state index in [-0.39, 0.29) is 30.3 Å². The van der Waals surface area contributed by atoms with E-state index in [2.05, 4.69) is 0 Å². The van der Waals surface area contributed by atoms with Gasteiger partial charge in [-0.1, -0.05) is 0 Å². The minimum Gasteiger partial charge on any atom is -0.469 e. The summed E-state index contributed by atoms with van der Waals surface area (Å²) in [6.07, 6.45) is 2.92. The molecule has 0 bridgehead atoms. The number of hydrogen-bond donors (Lipinski definition) is 0. The first-order valence-electron chi connectivity index (χ1n) is 6.70. The van der Waals surface area contributed by atoms with Crippen LogP contribution >= 0.6 is 0 Å². The van der Waals surface area contributed by atoms with Gasteiger partial charge in [0.1, 0.15) is 0 Å². The standard InChI is InChI=1S/C12H21NO5S/c1-17-12(14)10-4-2-6-13(8-10)19(15,16)9-11-5-3-7-18-11/h10-11H,2-9H2,1H3. The van der Waals surface area contributed by atoms with E-state index in [0.29, 0.717) is 26.0 Å². The van der Waals surface area contributed by atoms with Crippen LogP contribution < -0.4 is 0 Å². The molecule has 0 aliphatic carbocycles. The highest BCUT2D eigenvalue weighted by molar-refractivity contribution is 7.89. The van der Waals surface area contributed by atoms with Gasteiger partial charge in [0.25, 0.3) is 0 Å². The largest absolute Gasteiger partial charge is 0.469 e. The lowest BCUT2D eigenvalue weighted by molar-refractivity contribution is -0.146. The van der Waals surface area contributed by atoms with Gasteiger partial charge >= 0.3 is 5.97 Å². The Hall–Kier alpha value is -0.660. The van der Waals surface area contributed by atoms with Crippen LogP contribution in [0, 0.1) is 5.92 Å². The molecule has 0 spiro atoms. The Labute approximate surface area is 114 Å². The molecule has 0 amide bonds. The van der Waals surface area contributed by atoms with Crippen molar-refractivity contribution in [2.75, 3.05) is 32.6 Å². The average Bonchev–Trinajstić information content (AvgIpc) is 2.90. The van der Waals surface area contributed by atoms with Gasteiger partial charge in [-0.05, 0) is 25.7 Å². The van der Waals surface area contributed by atoms with Crippen LogP contribution in [-0.4, -0.2) is 57.4 Å². The first kappa shape index (κ1) is 14.7. The van der Waals surface area contributed by atoms with Crippen LogP contribution in [0.1, 0.15) is 25.7 Å². The maximum absolute atomic E-state index is 12.3. The highest BCUT2D eigenvalue weighted by atomic mass is 32.2. The van der Waals surface area contributed by atoms with Crippen LogP contribution in [0.15, 0.2) is 0 Å². The van der Waals surface area contributed by atoms with E-state index in [0.717, 1.165) is 12.8 Å². The fourth-order valence-corrected chi connectivity index (χ4v) is 4.43. The summed E-state index contributed by atoms with van der Waals surface area (Å²) in [7, 11) is -2.01. The normalized spacial score (nSPS) is 29.3. The lowest BCUT2D eigenvalue weighted by Gasteiger charge is -2.31. The number of methoxy groups -OCH3 is 1. The fourth-order valence-electron chi connectivity index (χ4n) is 2.67. The number of esters is 1. The second-order valence-electron chi connectivity index (χ2n) is 5.13. The first-order valence-corrected chi connectivity index (χ1v) is 8.31. The van der Waals surface area contributed by atoms with Crippen molar-refractivity contribution < 1.29 is 22.7 Å². The van der Waals surface area contributed by atoms with Crippen LogP contribution in [0.4, 0.5) is 0 Å². The smallest absolute Gasteiger partial charge is 0.309 e. The average molecular weight is 291 g/mol. The minimum atomic E-state index is -3.34. The van der Waals surface area contributed by atoms with Crippen molar-refractivity contribution in [2.45, 2.75) is 31.8 Å². The van der Waals surface area contributed by atoms with Gasteiger partial charge in [0, 0.05) is 19.7 Å². The summed E-state index contributed by atoms with van der Waals surface area (Å²) >= 11 is 0. The highest BCUT2D eigenvalue weighted by Gasteiger charge is 2.34. The fraction of sp³-hybridized carbons (Fsp3) is 0.917. The molecule has 0 saturated carbocycles. The summed E-state index contributed by atoms with van der Waals surface area (Å²) in [5, 5.41) is 0. The van der Waals surface area contributed by atoms with Crippen LogP contribution in [0.2, 0.25) is 0 Å². The number of carbonyl (C=O) groups is 1. The molecular weight excluding hydrogens is 270 g/mol. The molecule has 2 aliphatic rings. The Morgan fingerprint density at radius 3 is 2.79 bits per heavy atom. The zero-order chi connectivity index (χ0) is 13.9. The van der Waals surface area contributed by atoms with Gasteiger partial charge in [0.2, 0.25) is 10.0 Å². The number of sulfonamides is 1. The van der Waals surface area contributed by atoms with Crippen molar-refractivity contribution in [2.24, 2.45) is 5.92 Å². The van der Waals surface area contributed by atoms with Gasteiger partial charge < -0.3 is 9.47 Å². The third-order valence-electron chi connectivity index (χ3n) is 3.73. The predicted octanol–water partition coefficient (Wildman–Crippen LogP) is 0.380. The first-order chi connectivity index (χ1) is 9.03. The van der Waals surface area contributed by atoms with E-state index in [1.54, 1.807) is 0 Å². The van der Waals surface area contributed by atoms with Crippen molar-refractivity contribution >= 4 is 16.0 Å². The molecular formula is C12H21NO5S. The van der Waals surface area contributed by atoms with Crippen LogP contribution in [0.5, 0.6) is 0 Å². The summed E-state index contributed by atoms with van der Waals surface area (Å²) < 4.78 is 36.1. The topological polar surface area (TPSA) is 72.9 Å². The molecule has 2 aliphatic heterocycles. The highest BCUT2D eigenvalue weighted by Crippen LogP contribution is 2.22. The quantitative estimate of drug-likeness (QED) is 0.700. The van der Waals surface area contributed by atoms with E-state index in [1.807, 2.05) is 0 Å². The maximum atomic E-state index is 12.3. The molecule has 2 saturated heterocycles. The van der Waals surface area contributed by atoms with Crippen LogP contribution in [0.25, 0.3) is 0 Å². The van der Waals surface area contributed by atoms with Crippen molar-refractivity contribution in [3.8, 4) is 0 Å². The van der Waals surface area contributed by atoms with Crippen molar-refractivity contribution in [3.63, 3.8) is 0 Å². The van der Waals surface area contributed by atoms with E-state index in [1.165, 1.54) is 11.4 Å². The van der Waals surface area contributed by atoms with E-state index in [4.69, 9.17) is 9.47 Å². The molecule has 2 unspecified atom stereocenters. The third kappa shape index (κ3) is 3.67. The molecule has 0 aromatic carbocycles. The molecule has 0 aromatic rings. The zero-order valence-corrected chi connectivity index (χ0v) is 12.0. The lowest BCUT2D eigenvalue weighted by Crippen LogP contribution is -2.45. The predicted molar refractivity (Wildman–Crippen MR) is 69.1 cm³/mol. The Morgan fingerprint density at radius 1 is 1.37 bits per heavy atom. The van der Waals surface area contributed by atoms with E-state index in [9.17, 15) is 13.2 Å². The number of hydrogen-bond acceptors (Lipinski definition) is 5. The van der Waals surface area contributed by atoms with Crippen molar-refractivity contribution in [3.05, 3.63) is 0 Å².